The summed E-state index contributed by atoms with van der Waals surface area (Å²) in [5.41, 5.74) is -5.30. The second-order valence-corrected chi connectivity index (χ2v) is 6.65. The van der Waals surface area contributed by atoms with Crippen LogP contribution in [-0.2, 0) is 9.84 Å². The van der Waals surface area contributed by atoms with E-state index in [0.29, 0.717) is 17.1 Å². The first-order valence-electron chi connectivity index (χ1n) is 6.00. The van der Waals surface area contributed by atoms with E-state index in [9.17, 15) is 26.4 Å². The van der Waals surface area contributed by atoms with Crippen molar-refractivity contribution in [2.24, 2.45) is 4.99 Å². The number of halogens is 3. The molecule has 1 aliphatic heterocycles. The number of nitrogens with zero attached hydrogens (tertiary/aromatic N) is 2. The van der Waals surface area contributed by atoms with E-state index in [-0.39, 0.29) is 11.3 Å². The summed E-state index contributed by atoms with van der Waals surface area (Å²) in [5.74, 6) is -1.16. The molecule has 0 fully saturated rings. The third-order valence-electron chi connectivity index (χ3n) is 3.27. The highest BCUT2D eigenvalue weighted by atomic mass is 32.2. The normalized spacial score (nSPS) is 18.5. The highest BCUT2D eigenvalue weighted by molar-refractivity contribution is 7.94. The summed E-state index contributed by atoms with van der Waals surface area (Å²) in [5, 5.41) is -1.72. The van der Waals surface area contributed by atoms with Gasteiger partial charge in [0.15, 0.2) is 11.0 Å². The molecule has 3 rings (SSSR count). The van der Waals surface area contributed by atoms with Crippen molar-refractivity contribution >= 4 is 38.4 Å². The SMILES string of the molecule is O=C1c2ccc3cccnc3c2N=CC1S(=O)(=O)C(F)(F)F. The van der Waals surface area contributed by atoms with Gasteiger partial charge in [-0.1, -0.05) is 12.1 Å². The Morgan fingerprint density at radius 3 is 2.55 bits per heavy atom. The molecule has 0 radical (unpaired) electrons. The molecule has 0 amide bonds. The first kappa shape index (κ1) is 14.6. The lowest BCUT2D eigenvalue weighted by Crippen LogP contribution is -2.41. The van der Waals surface area contributed by atoms with Crippen LogP contribution in [0, 0.1) is 0 Å². The Labute approximate surface area is 122 Å². The Morgan fingerprint density at radius 1 is 1.14 bits per heavy atom. The van der Waals surface area contributed by atoms with E-state index in [0.717, 1.165) is 0 Å². The number of aliphatic imine (C=N–C) groups is 1. The Kier molecular flexibility index (Phi) is 3.06. The lowest BCUT2D eigenvalue weighted by atomic mass is 10.0. The highest BCUT2D eigenvalue weighted by Gasteiger charge is 2.53. The molecule has 0 spiro atoms. The van der Waals surface area contributed by atoms with Crippen LogP contribution in [0.25, 0.3) is 10.9 Å². The van der Waals surface area contributed by atoms with Gasteiger partial charge in [-0.2, -0.15) is 13.2 Å². The molecule has 2 heterocycles. The van der Waals surface area contributed by atoms with E-state index in [1.807, 2.05) is 0 Å². The topological polar surface area (TPSA) is 76.5 Å². The number of carbonyl (C=O) groups excluding carboxylic acids is 1. The fourth-order valence-electron chi connectivity index (χ4n) is 2.19. The standard InChI is InChI=1S/C13H7F3N2O3S/c14-13(15,16)22(20,21)9-6-18-11-8(12(9)19)4-3-7-2-1-5-17-10(7)11/h1-6,9H. The minimum atomic E-state index is -5.66. The smallest absolute Gasteiger partial charge is 0.292 e. The largest absolute Gasteiger partial charge is 0.498 e. The monoisotopic (exact) mass is 328 g/mol. The summed E-state index contributed by atoms with van der Waals surface area (Å²) in [7, 11) is -5.66. The number of rotatable bonds is 1. The quantitative estimate of drug-likeness (QED) is 0.805. The number of hydrogen-bond acceptors (Lipinski definition) is 5. The van der Waals surface area contributed by atoms with E-state index < -0.39 is 26.4 Å². The Balaban J connectivity index is 2.19. The van der Waals surface area contributed by atoms with Gasteiger partial charge in [-0.25, -0.2) is 8.42 Å². The minimum Gasteiger partial charge on any atom is -0.292 e. The summed E-state index contributed by atoms with van der Waals surface area (Å²) < 4.78 is 60.7. The van der Waals surface area contributed by atoms with E-state index in [4.69, 9.17) is 0 Å². The summed E-state index contributed by atoms with van der Waals surface area (Å²) in [6.07, 6.45) is 1.96. The number of benzene rings is 1. The van der Waals surface area contributed by atoms with Crippen molar-refractivity contribution in [3.63, 3.8) is 0 Å². The highest BCUT2D eigenvalue weighted by Crippen LogP contribution is 2.36. The molecule has 0 N–H and O–H groups in total. The number of alkyl halides is 3. The van der Waals surface area contributed by atoms with E-state index in [1.165, 1.54) is 18.3 Å². The molecule has 1 aliphatic rings. The fraction of sp³-hybridized carbons (Fsp3) is 0.154. The Morgan fingerprint density at radius 2 is 1.86 bits per heavy atom. The molecule has 0 saturated heterocycles. The lowest BCUT2D eigenvalue weighted by molar-refractivity contribution is -0.0438. The Bertz CT molecular complexity index is 920. The molecule has 1 atom stereocenters. The molecule has 2 aromatic rings. The van der Waals surface area contributed by atoms with E-state index in [1.54, 1.807) is 12.1 Å². The molecule has 22 heavy (non-hydrogen) atoms. The molecule has 114 valence electrons. The van der Waals surface area contributed by atoms with Crippen LogP contribution in [-0.4, -0.2) is 36.2 Å². The van der Waals surface area contributed by atoms with Gasteiger partial charge in [0.1, 0.15) is 0 Å². The molecular weight excluding hydrogens is 321 g/mol. The van der Waals surface area contributed by atoms with Crippen molar-refractivity contribution in [2.45, 2.75) is 10.8 Å². The van der Waals surface area contributed by atoms with Crippen molar-refractivity contribution in [3.8, 4) is 0 Å². The van der Waals surface area contributed by atoms with Crippen molar-refractivity contribution in [1.29, 1.82) is 0 Å². The molecule has 1 unspecified atom stereocenters. The van der Waals surface area contributed by atoms with Crippen LogP contribution in [0.4, 0.5) is 18.9 Å². The van der Waals surface area contributed by atoms with Crippen LogP contribution in [0.15, 0.2) is 35.5 Å². The van der Waals surface area contributed by atoms with Crippen LogP contribution in [0.2, 0.25) is 0 Å². The van der Waals surface area contributed by atoms with E-state index in [2.05, 4.69) is 9.98 Å². The predicted octanol–water partition coefficient (Wildman–Crippen LogP) is 2.44. The zero-order valence-electron chi connectivity index (χ0n) is 10.7. The third kappa shape index (κ3) is 2.00. The number of pyridine rings is 1. The van der Waals surface area contributed by atoms with Gasteiger partial charge < -0.3 is 0 Å². The number of carbonyl (C=O) groups is 1. The van der Waals surface area contributed by atoms with Gasteiger partial charge in [-0.15, -0.1) is 0 Å². The second-order valence-electron chi connectivity index (χ2n) is 4.59. The molecule has 1 aromatic carbocycles. The first-order valence-corrected chi connectivity index (χ1v) is 7.54. The van der Waals surface area contributed by atoms with Gasteiger partial charge in [0, 0.05) is 23.4 Å². The maximum Gasteiger partial charge on any atom is 0.498 e. The van der Waals surface area contributed by atoms with Gasteiger partial charge in [-0.05, 0) is 12.1 Å². The van der Waals surface area contributed by atoms with Crippen LogP contribution in [0.3, 0.4) is 0 Å². The molecule has 9 heteroatoms. The molecule has 0 aliphatic carbocycles. The van der Waals surface area contributed by atoms with E-state index >= 15 is 0 Å². The molecule has 1 aromatic heterocycles. The maximum absolute atomic E-state index is 12.6. The summed E-state index contributed by atoms with van der Waals surface area (Å²) in [4.78, 5) is 19.9. The zero-order chi connectivity index (χ0) is 16.1. The lowest BCUT2D eigenvalue weighted by Gasteiger charge is -2.19. The average Bonchev–Trinajstić information content (AvgIpc) is 2.46. The number of aromatic nitrogens is 1. The average molecular weight is 328 g/mol. The van der Waals surface area contributed by atoms with Gasteiger partial charge in [0.05, 0.1) is 11.2 Å². The van der Waals surface area contributed by atoms with Crippen molar-refractivity contribution in [1.82, 2.24) is 4.98 Å². The third-order valence-corrected chi connectivity index (χ3v) is 4.92. The maximum atomic E-state index is 12.6. The summed E-state index contributed by atoms with van der Waals surface area (Å²) >= 11 is 0. The van der Waals surface area contributed by atoms with Crippen molar-refractivity contribution in [2.75, 3.05) is 0 Å². The van der Waals surface area contributed by atoms with Gasteiger partial charge >= 0.3 is 5.51 Å². The molecule has 0 saturated carbocycles. The number of sulfone groups is 1. The van der Waals surface area contributed by atoms with Gasteiger partial charge in [0.2, 0.25) is 0 Å². The van der Waals surface area contributed by atoms with Gasteiger partial charge in [0.25, 0.3) is 9.84 Å². The van der Waals surface area contributed by atoms with Crippen LogP contribution in [0.1, 0.15) is 10.4 Å². The van der Waals surface area contributed by atoms with Crippen molar-refractivity contribution in [3.05, 3.63) is 36.0 Å². The van der Waals surface area contributed by atoms with Crippen molar-refractivity contribution < 1.29 is 26.4 Å². The number of fused-ring (bicyclic) bond motifs is 3. The zero-order valence-corrected chi connectivity index (χ0v) is 11.5. The minimum absolute atomic E-state index is 0.0803. The van der Waals surface area contributed by atoms with Gasteiger partial charge in [-0.3, -0.25) is 14.8 Å². The van der Waals surface area contributed by atoms with Crippen LogP contribution < -0.4 is 0 Å². The molecule has 5 nitrogen and oxygen atoms in total. The number of Topliss-reactive ketones (excluding diaryl/α,β-unsaturated/α-hetero) is 1. The van der Waals surface area contributed by atoms with Crippen LogP contribution >= 0.6 is 0 Å². The molecular formula is C13H7F3N2O3S. The first-order chi connectivity index (χ1) is 10.2. The van der Waals surface area contributed by atoms with Crippen LogP contribution in [0.5, 0.6) is 0 Å². The summed E-state index contributed by atoms with van der Waals surface area (Å²) in [6.45, 7) is 0. The fourth-order valence-corrected chi connectivity index (χ4v) is 3.11. The number of hydrogen-bond donors (Lipinski definition) is 0. The number of ketones is 1. The predicted molar refractivity (Wildman–Crippen MR) is 73.0 cm³/mol. The summed E-state index contributed by atoms with van der Waals surface area (Å²) in [6, 6.07) is 6.09. The second kappa shape index (κ2) is 4.60. The Hall–Kier alpha value is -2.29. The molecule has 0 bridgehead atoms.